The number of rotatable bonds is 5. The van der Waals surface area contributed by atoms with E-state index in [1.165, 1.54) is 5.56 Å². The second-order valence-corrected chi connectivity index (χ2v) is 6.18. The number of aromatic nitrogens is 4. The maximum absolute atomic E-state index is 12.8. The topological polar surface area (TPSA) is 75.6 Å². The van der Waals surface area contributed by atoms with E-state index in [1.54, 1.807) is 6.33 Å². The monoisotopic (exact) mass is 325 g/mol. The van der Waals surface area contributed by atoms with Crippen LogP contribution in [-0.2, 0) is 6.54 Å². The van der Waals surface area contributed by atoms with Gasteiger partial charge in [-0.05, 0) is 38.8 Å². The highest BCUT2D eigenvalue weighted by Crippen LogP contribution is 2.24. The number of hydrogen-bond acceptors (Lipinski definition) is 3. The number of benzene rings is 1. The number of aryl methyl sites for hydroxylation is 3. The van der Waals surface area contributed by atoms with Gasteiger partial charge in [0.2, 0.25) is 0 Å². The molecule has 1 atom stereocenters. The summed E-state index contributed by atoms with van der Waals surface area (Å²) in [5.41, 5.74) is 3.79. The van der Waals surface area contributed by atoms with E-state index in [-0.39, 0.29) is 11.9 Å². The van der Waals surface area contributed by atoms with Crippen LogP contribution in [0.1, 0.15) is 53.7 Å². The van der Waals surface area contributed by atoms with E-state index in [4.69, 9.17) is 0 Å². The van der Waals surface area contributed by atoms with Crippen molar-refractivity contribution in [1.29, 1.82) is 0 Å². The van der Waals surface area contributed by atoms with E-state index in [1.807, 2.05) is 36.6 Å². The molecule has 0 saturated heterocycles. The van der Waals surface area contributed by atoms with Crippen LogP contribution in [0.2, 0.25) is 0 Å². The summed E-state index contributed by atoms with van der Waals surface area (Å²) in [4.78, 5) is 16.1. The molecular formula is C18H23N5O. The Morgan fingerprint density at radius 2 is 2.17 bits per heavy atom. The van der Waals surface area contributed by atoms with Crippen molar-refractivity contribution >= 4 is 16.8 Å². The molecule has 3 aromatic rings. The van der Waals surface area contributed by atoms with Crippen molar-refractivity contribution < 1.29 is 4.79 Å². The van der Waals surface area contributed by atoms with E-state index in [0.29, 0.717) is 5.56 Å². The molecule has 0 unspecified atom stereocenters. The number of nitrogens with one attached hydrogen (secondary N) is 2. The van der Waals surface area contributed by atoms with E-state index >= 15 is 0 Å². The molecule has 2 aromatic heterocycles. The molecule has 0 aliphatic heterocycles. The summed E-state index contributed by atoms with van der Waals surface area (Å²) in [6.07, 6.45) is 2.70. The number of hydrogen-bond donors (Lipinski definition) is 2. The van der Waals surface area contributed by atoms with E-state index in [9.17, 15) is 4.79 Å². The number of H-pyrrole nitrogens is 1. The highest BCUT2D eigenvalue weighted by atomic mass is 16.1. The largest absolute Gasteiger partial charge is 0.358 e. The van der Waals surface area contributed by atoms with Crippen LogP contribution in [0.5, 0.6) is 0 Å². The fraction of sp³-hybridized carbons (Fsp3) is 0.389. The van der Waals surface area contributed by atoms with Crippen LogP contribution in [0.4, 0.5) is 0 Å². The van der Waals surface area contributed by atoms with Gasteiger partial charge in [-0.3, -0.25) is 4.79 Å². The molecule has 1 amide bonds. The van der Waals surface area contributed by atoms with Crippen LogP contribution >= 0.6 is 0 Å². The molecule has 0 saturated carbocycles. The standard InChI is InChI=1S/C18H23N5O/c1-5-9-23-10-19-22-17(23)13(4)21-18(24)15-8-6-7-14-11(2)12(3)20-16(14)15/h6-8,10,13,20H,5,9H2,1-4H3,(H,21,24)/t13-/m0/s1. The predicted octanol–water partition coefficient (Wildman–Crippen LogP) is 3.28. The van der Waals surface area contributed by atoms with Crippen molar-refractivity contribution in [2.45, 2.75) is 46.7 Å². The van der Waals surface area contributed by atoms with Crippen LogP contribution in [0.3, 0.4) is 0 Å². The molecule has 126 valence electrons. The Morgan fingerprint density at radius 3 is 2.92 bits per heavy atom. The summed E-state index contributed by atoms with van der Waals surface area (Å²) in [6.45, 7) is 8.95. The van der Waals surface area contributed by atoms with Gasteiger partial charge in [-0.1, -0.05) is 19.1 Å². The summed E-state index contributed by atoms with van der Waals surface area (Å²) >= 11 is 0. The first-order valence-corrected chi connectivity index (χ1v) is 8.29. The van der Waals surface area contributed by atoms with E-state index < -0.39 is 0 Å². The molecule has 24 heavy (non-hydrogen) atoms. The van der Waals surface area contributed by atoms with Crippen molar-refractivity contribution in [2.75, 3.05) is 0 Å². The third-order valence-electron chi connectivity index (χ3n) is 4.43. The summed E-state index contributed by atoms with van der Waals surface area (Å²) in [6, 6.07) is 5.59. The maximum Gasteiger partial charge on any atom is 0.253 e. The molecule has 0 aliphatic rings. The third kappa shape index (κ3) is 2.79. The van der Waals surface area contributed by atoms with Gasteiger partial charge in [-0.25, -0.2) is 0 Å². The molecule has 0 spiro atoms. The van der Waals surface area contributed by atoms with Crippen LogP contribution < -0.4 is 5.32 Å². The Morgan fingerprint density at radius 1 is 1.38 bits per heavy atom. The number of carbonyl (C=O) groups is 1. The highest BCUT2D eigenvalue weighted by Gasteiger charge is 2.19. The average Bonchev–Trinajstić information content (AvgIpc) is 3.13. The number of amides is 1. The van der Waals surface area contributed by atoms with Gasteiger partial charge in [0, 0.05) is 17.6 Å². The second kappa shape index (κ2) is 6.47. The Kier molecular flexibility index (Phi) is 4.38. The fourth-order valence-corrected chi connectivity index (χ4v) is 3.02. The van der Waals surface area contributed by atoms with Gasteiger partial charge < -0.3 is 14.9 Å². The molecule has 2 N–H and O–H groups in total. The van der Waals surface area contributed by atoms with E-state index in [0.717, 1.165) is 35.4 Å². The Bertz CT molecular complexity index is 877. The number of fused-ring (bicyclic) bond motifs is 1. The molecule has 1 aromatic carbocycles. The lowest BCUT2D eigenvalue weighted by Gasteiger charge is -2.15. The van der Waals surface area contributed by atoms with Gasteiger partial charge in [0.25, 0.3) is 5.91 Å². The molecule has 6 heteroatoms. The van der Waals surface area contributed by atoms with Gasteiger partial charge in [-0.2, -0.15) is 0 Å². The second-order valence-electron chi connectivity index (χ2n) is 6.18. The van der Waals surface area contributed by atoms with Crippen molar-refractivity contribution in [3.05, 3.63) is 47.2 Å². The zero-order valence-electron chi connectivity index (χ0n) is 14.6. The number of para-hydroxylation sites is 1. The normalized spacial score (nSPS) is 12.5. The van der Waals surface area contributed by atoms with Crippen molar-refractivity contribution in [3.63, 3.8) is 0 Å². The summed E-state index contributed by atoms with van der Waals surface area (Å²) in [7, 11) is 0. The molecule has 0 aliphatic carbocycles. The molecule has 0 fully saturated rings. The van der Waals surface area contributed by atoms with Gasteiger partial charge in [0.15, 0.2) is 5.82 Å². The van der Waals surface area contributed by atoms with Gasteiger partial charge >= 0.3 is 0 Å². The molecule has 6 nitrogen and oxygen atoms in total. The smallest absolute Gasteiger partial charge is 0.253 e. The van der Waals surface area contributed by atoms with E-state index in [2.05, 4.69) is 34.3 Å². The lowest BCUT2D eigenvalue weighted by Crippen LogP contribution is -2.29. The predicted molar refractivity (Wildman–Crippen MR) is 94.0 cm³/mol. The average molecular weight is 325 g/mol. The zero-order chi connectivity index (χ0) is 17.3. The summed E-state index contributed by atoms with van der Waals surface area (Å²) in [5.74, 6) is 0.664. The summed E-state index contributed by atoms with van der Waals surface area (Å²) in [5, 5.41) is 12.2. The lowest BCUT2D eigenvalue weighted by atomic mass is 10.1. The molecule has 3 rings (SSSR count). The Labute approximate surface area is 141 Å². The highest BCUT2D eigenvalue weighted by molar-refractivity contribution is 6.06. The maximum atomic E-state index is 12.8. The number of nitrogens with zero attached hydrogens (tertiary/aromatic N) is 3. The fourth-order valence-electron chi connectivity index (χ4n) is 3.02. The Hall–Kier alpha value is -2.63. The van der Waals surface area contributed by atoms with Gasteiger partial charge in [0.1, 0.15) is 6.33 Å². The Balaban J connectivity index is 1.87. The van der Waals surface area contributed by atoms with Crippen LogP contribution in [0.25, 0.3) is 10.9 Å². The number of carbonyl (C=O) groups excluding carboxylic acids is 1. The lowest BCUT2D eigenvalue weighted by molar-refractivity contribution is 0.0939. The van der Waals surface area contributed by atoms with Gasteiger partial charge in [0.05, 0.1) is 17.1 Å². The molecule has 0 radical (unpaired) electrons. The first kappa shape index (κ1) is 16.2. The molecular weight excluding hydrogens is 302 g/mol. The first-order valence-electron chi connectivity index (χ1n) is 8.29. The molecule has 2 heterocycles. The first-order chi connectivity index (χ1) is 11.5. The molecule has 0 bridgehead atoms. The zero-order valence-corrected chi connectivity index (χ0v) is 14.6. The van der Waals surface area contributed by atoms with Gasteiger partial charge in [-0.15, -0.1) is 10.2 Å². The minimum Gasteiger partial charge on any atom is -0.358 e. The quantitative estimate of drug-likeness (QED) is 0.756. The minimum atomic E-state index is -0.209. The SMILES string of the molecule is CCCn1cnnc1[C@H](C)NC(=O)c1cccc2c(C)c(C)[nH]c12. The van der Waals surface area contributed by atoms with Crippen LogP contribution in [0.15, 0.2) is 24.5 Å². The third-order valence-corrected chi connectivity index (χ3v) is 4.43. The van der Waals surface area contributed by atoms with Crippen molar-refractivity contribution in [2.24, 2.45) is 0 Å². The van der Waals surface area contributed by atoms with Crippen molar-refractivity contribution in [3.8, 4) is 0 Å². The summed E-state index contributed by atoms with van der Waals surface area (Å²) < 4.78 is 1.98. The number of aromatic amines is 1. The van der Waals surface area contributed by atoms with Crippen molar-refractivity contribution in [1.82, 2.24) is 25.1 Å². The van der Waals surface area contributed by atoms with Crippen LogP contribution in [0, 0.1) is 13.8 Å². The minimum absolute atomic E-state index is 0.111. The van der Waals surface area contributed by atoms with Crippen LogP contribution in [-0.4, -0.2) is 25.7 Å².